The van der Waals surface area contributed by atoms with Crippen LogP contribution >= 0.6 is 19.4 Å². The Morgan fingerprint density at radius 1 is 1.22 bits per heavy atom. The minimum Gasteiger partial charge on any atom is -0.479 e. The van der Waals surface area contributed by atoms with Crippen molar-refractivity contribution in [2.75, 3.05) is 0 Å². The van der Waals surface area contributed by atoms with Crippen LogP contribution in [0.4, 0.5) is 4.39 Å². The van der Waals surface area contributed by atoms with Crippen molar-refractivity contribution in [2.45, 2.75) is 30.5 Å². The third-order valence-corrected chi connectivity index (χ3v) is 6.74. The standard InChI is InChI=1S/C22H19ClFN2O10P/c23-13-6-8-14(9-7-13)35-37(32,33)36-17(12-4-2-1-3-5-12)18-22(31,20(28)29)10-16(34-18)26-11-15(24)19(27)25-21(26)30/h1-9,11,16-18,31H,10H2,(H,28,29)(H,32,33)(H,25,27,30)/t16-,17?,18-,22+/m1/s1. The molecule has 0 aliphatic carbocycles. The van der Waals surface area contributed by atoms with Crippen LogP contribution in [0.1, 0.15) is 24.3 Å². The van der Waals surface area contributed by atoms with Gasteiger partial charge in [0.15, 0.2) is 5.60 Å². The van der Waals surface area contributed by atoms with Crippen molar-refractivity contribution in [1.82, 2.24) is 9.55 Å². The van der Waals surface area contributed by atoms with E-state index in [0.29, 0.717) is 15.8 Å². The Hall–Kier alpha value is -3.32. The van der Waals surface area contributed by atoms with Gasteiger partial charge in [0.25, 0.3) is 5.56 Å². The molecular weight excluding hydrogens is 538 g/mol. The molecule has 37 heavy (non-hydrogen) atoms. The van der Waals surface area contributed by atoms with E-state index in [9.17, 15) is 38.4 Å². The zero-order valence-corrected chi connectivity index (χ0v) is 20.2. The molecule has 0 saturated carbocycles. The largest absolute Gasteiger partial charge is 0.528 e. The van der Waals surface area contributed by atoms with E-state index in [1.807, 2.05) is 0 Å². The number of aliphatic carboxylic acids is 1. The summed E-state index contributed by atoms with van der Waals surface area (Å²) in [5.74, 6) is -3.28. The highest BCUT2D eigenvalue weighted by atomic mass is 35.5. The number of H-pyrrole nitrogens is 1. The van der Waals surface area contributed by atoms with E-state index in [0.717, 1.165) is 0 Å². The fraction of sp³-hybridized carbons (Fsp3) is 0.227. The first-order valence-electron chi connectivity index (χ1n) is 10.5. The maximum atomic E-state index is 13.9. The molecule has 5 atom stereocenters. The molecule has 0 amide bonds. The lowest BCUT2D eigenvalue weighted by molar-refractivity contribution is -0.172. The number of halogens is 2. The van der Waals surface area contributed by atoms with E-state index in [1.54, 1.807) is 11.1 Å². The van der Waals surface area contributed by atoms with Gasteiger partial charge in [-0.1, -0.05) is 41.9 Å². The van der Waals surface area contributed by atoms with Gasteiger partial charge in [-0.3, -0.25) is 23.8 Å². The molecule has 1 fully saturated rings. The van der Waals surface area contributed by atoms with Crippen LogP contribution in [-0.4, -0.2) is 42.3 Å². The molecule has 0 spiro atoms. The quantitative estimate of drug-likeness (QED) is 0.301. The molecule has 1 aliphatic heterocycles. The molecule has 3 aromatic rings. The Bertz CT molecular complexity index is 1460. The zero-order chi connectivity index (χ0) is 27.0. The Kier molecular flexibility index (Phi) is 7.38. The topological polar surface area (TPSA) is 177 Å². The SMILES string of the molecule is O=C(O)[C@]1(O)C[C@H](n2cc(F)c(=O)[nH]c2=O)O[C@@H]1C(OP(=O)(O)Oc1ccc(Cl)cc1)c1ccccc1. The maximum absolute atomic E-state index is 13.9. The average molecular weight is 557 g/mol. The Morgan fingerprint density at radius 2 is 1.86 bits per heavy atom. The summed E-state index contributed by atoms with van der Waals surface area (Å²) in [6, 6.07) is 12.8. The lowest BCUT2D eigenvalue weighted by atomic mass is 9.88. The minimum absolute atomic E-state index is 0.101. The number of carbonyl (C=O) groups is 1. The van der Waals surface area contributed by atoms with Crippen LogP contribution in [0.5, 0.6) is 5.75 Å². The second kappa shape index (κ2) is 10.2. The fourth-order valence-electron chi connectivity index (χ4n) is 3.81. The molecule has 12 nitrogen and oxygen atoms in total. The van der Waals surface area contributed by atoms with E-state index < -0.39 is 61.3 Å². The summed E-state index contributed by atoms with van der Waals surface area (Å²) >= 11 is 5.80. The summed E-state index contributed by atoms with van der Waals surface area (Å²) in [7, 11) is -5.01. The summed E-state index contributed by atoms with van der Waals surface area (Å²) in [4.78, 5) is 48.0. The number of hydrogen-bond donors (Lipinski definition) is 4. The number of ether oxygens (including phenoxy) is 1. The van der Waals surface area contributed by atoms with Gasteiger partial charge in [-0.05, 0) is 29.8 Å². The molecule has 4 N–H and O–H groups in total. The molecule has 2 heterocycles. The van der Waals surface area contributed by atoms with Gasteiger partial charge in [-0.2, -0.15) is 4.39 Å². The summed E-state index contributed by atoms with van der Waals surface area (Å²) in [5, 5.41) is 21.3. The number of phosphoric acid groups is 1. The first-order chi connectivity index (χ1) is 17.4. The second-order valence-corrected chi connectivity index (χ2v) is 9.81. The molecule has 2 unspecified atom stereocenters. The predicted molar refractivity (Wildman–Crippen MR) is 125 cm³/mol. The lowest BCUT2D eigenvalue weighted by Crippen LogP contribution is -2.49. The average Bonchev–Trinajstić information content (AvgIpc) is 3.20. The molecule has 0 bridgehead atoms. The number of hydrogen-bond acceptors (Lipinski definition) is 8. The van der Waals surface area contributed by atoms with Gasteiger partial charge >= 0.3 is 19.5 Å². The predicted octanol–water partition coefficient (Wildman–Crippen LogP) is 2.37. The minimum atomic E-state index is -5.01. The van der Waals surface area contributed by atoms with Crippen molar-refractivity contribution in [3.8, 4) is 5.75 Å². The van der Waals surface area contributed by atoms with Gasteiger partial charge in [0, 0.05) is 11.4 Å². The summed E-state index contributed by atoms with van der Waals surface area (Å²) < 4.78 is 43.4. The van der Waals surface area contributed by atoms with E-state index >= 15 is 0 Å². The lowest BCUT2D eigenvalue weighted by Gasteiger charge is -2.31. The third kappa shape index (κ3) is 5.67. The van der Waals surface area contributed by atoms with Crippen molar-refractivity contribution in [1.29, 1.82) is 0 Å². The summed E-state index contributed by atoms with van der Waals surface area (Å²) in [5.41, 5.74) is -5.13. The monoisotopic (exact) mass is 556 g/mol. The first-order valence-corrected chi connectivity index (χ1v) is 12.4. The van der Waals surface area contributed by atoms with Gasteiger partial charge in [-0.25, -0.2) is 14.2 Å². The summed E-state index contributed by atoms with van der Waals surface area (Å²) in [6.07, 6.45) is -5.56. The number of nitrogens with one attached hydrogen (secondary N) is 1. The first kappa shape index (κ1) is 26.7. The number of aromatic amines is 1. The highest BCUT2D eigenvalue weighted by Gasteiger charge is 2.59. The number of rotatable bonds is 8. The fourth-order valence-corrected chi connectivity index (χ4v) is 4.89. The van der Waals surface area contributed by atoms with Crippen molar-refractivity contribution in [3.63, 3.8) is 0 Å². The molecule has 1 aromatic heterocycles. The van der Waals surface area contributed by atoms with Crippen LogP contribution < -0.4 is 15.8 Å². The van der Waals surface area contributed by atoms with E-state index in [4.69, 9.17) is 25.4 Å². The van der Waals surface area contributed by atoms with E-state index in [1.165, 1.54) is 48.5 Å². The molecule has 1 aliphatic rings. The third-order valence-electron chi connectivity index (χ3n) is 5.55. The van der Waals surface area contributed by atoms with Gasteiger partial charge < -0.3 is 19.5 Å². The zero-order valence-electron chi connectivity index (χ0n) is 18.6. The molecule has 2 aromatic carbocycles. The van der Waals surface area contributed by atoms with Gasteiger partial charge in [-0.15, -0.1) is 0 Å². The van der Waals surface area contributed by atoms with Crippen molar-refractivity contribution < 1.29 is 42.6 Å². The smallest absolute Gasteiger partial charge is 0.479 e. The van der Waals surface area contributed by atoms with E-state index in [2.05, 4.69) is 0 Å². The normalized spacial score (nSPS) is 23.8. The van der Waals surface area contributed by atoms with Crippen LogP contribution in [-0.2, 0) is 18.6 Å². The Balaban J connectivity index is 1.74. The van der Waals surface area contributed by atoms with Crippen LogP contribution in [0, 0.1) is 5.82 Å². The van der Waals surface area contributed by atoms with E-state index in [-0.39, 0.29) is 11.3 Å². The van der Waals surface area contributed by atoms with Crippen LogP contribution in [0.15, 0.2) is 70.4 Å². The van der Waals surface area contributed by atoms with Crippen molar-refractivity contribution in [3.05, 3.63) is 98.0 Å². The highest BCUT2D eigenvalue weighted by Crippen LogP contribution is 2.53. The number of phosphoric ester groups is 1. The van der Waals surface area contributed by atoms with Crippen molar-refractivity contribution in [2.24, 2.45) is 0 Å². The highest BCUT2D eigenvalue weighted by molar-refractivity contribution is 7.47. The Labute approximate surface area is 212 Å². The van der Waals surface area contributed by atoms with Gasteiger partial charge in [0.05, 0.1) is 6.20 Å². The number of carboxylic acid groups (broad SMARTS) is 1. The molecule has 15 heteroatoms. The molecule has 196 valence electrons. The van der Waals surface area contributed by atoms with Crippen LogP contribution in [0.25, 0.3) is 0 Å². The maximum Gasteiger partial charge on any atom is 0.528 e. The molecule has 0 radical (unpaired) electrons. The number of aromatic nitrogens is 2. The van der Waals surface area contributed by atoms with Gasteiger partial charge in [0.2, 0.25) is 5.82 Å². The number of nitrogens with zero attached hydrogens (tertiary/aromatic N) is 1. The molecule has 1 saturated heterocycles. The molecule has 4 rings (SSSR count). The molecular formula is C22H19ClFN2O10P. The van der Waals surface area contributed by atoms with Crippen molar-refractivity contribution >= 4 is 25.4 Å². The number of aliphatic hydroxyl groups is 1. The van der Waals surface area contributed by atoms with Crippen LogP contribution in [0.2, 0.25) is 5.02 Å². The summed E-state index contributed by atoms with van der Waals surface area (Å²) in [6.45, 7) is 0. The number of benzene rings is 2. The van der Waals surface area contributed by atoms with Gasteiger partial charge in [0.1, 0.15) is 24.2 Å². The van der Waals surface area contributed by atoms with Crippen LogP contribution in [0.3, 0.4) is 0 Å². The second-order valence-electron chi connectivity index (χ2n) is 8.04. The Morgan fingerprint density at radius 3 is 2.49 bits per heavy atom. The number of carboxylic acids is 1.